The molecule has 2 aromatic rings. The molecule has 0 bridgehead atoms. The van der Waals surface area contributed by atoms with Gasteiger partial charge in [-0.3, -0.25) is 9.10 Å². The van der Waals surface area contributed by atoms with Crippen molar-refractivity contribution in [2.75, 3.05) is 17.1 Å². The Morgan fingerprint density at radius 3 is 2.44 bits per heavy atom. The molecule has 7 heteroatoms. The second-order valence-corrected chi connectivity index (χ2v) is 8.64. The summed E-state index contributed by atoms with van der Waals surface area (Å²) in [7, 11) is -3.65. The van der Waals surface area contributed by atoms with E-state index in [1.807, 2.05) is 30.3 Å². The summed E-state index contributed by atoms with van der Waals surface area (Å²) >= 11 is 6.01. The zero-order valence-corrected chi connectivity index (χ0v) is 17.1. The molecule has 2 rings (SSSR count). The number of anilines is 1. The fourth-order valence-corrected chi connectivity index (χ4v) is 4.33. The number of nitrogens with zero attached hydrogens (tertiary/aromatic N) is 1. The Morgan fingerprint density at radius 2 is 1.85 bits per heavy atom. The summed E-state index contributed by atoms with van der Waals surface area (Å²) in [6, 6.07) is 15.7. The molecule has 0 aliphatic carbocycles. The SMILES string of the molecule is CCC(C(=O)NCCCc1ccccc1)N(c1cccc(Cl)c1)S(C)(=O)=O. The van der Waals surface area contributed by atoms with Crippen molar-refractivity contribution in [3.8, 4) is 0 Å². The molecule has 0 saturated heterocycles. The highest BCUT2D eigenvalue weighted by Crippen LogP contribution is 2.25. The van der Waals surface area contributed by atoms with E-state index in [1.165, 1.54) is 5.56 Å². The average molecular weight is 409 g/mol. The maximum atomic E-state index is 12.7. The van der Waals surface area contributed by atoms with Crippen LogP contribution >= 0.6 is 11.6 Å². The number of sulfonamides is 1. The normalized spacial score (nSPS) is 12.4. The summed E-state index contributed by atoms with van der Waals surface area (Å²) < 4.78 is 25.9. The number of hydrogen-bond acceptors (Lipinski definition) is 3. The lowest BCUT2D eigenvalue weighted by atomic mass is 10.1. The summed E-state index contributed by atoms with van der Waals surface area (Å²) in [4.78, 5) is 12.7. The number of amides is 1. The van der Waals surface area contributed by atoms with Crippen LogP contribution in [0.2, 0.25) is 5.02 Å². The van der Waals surface area contributed by atoms with Crippen LogP contribution in [0.5, 0.6) is 0 Å². The first-order valence-electron chi connectivity index (χ1n) is 8.89. The van der Waals surface area contributed by atoms with E-state index in [1.54, 1.807) is 31.2 Å². The van der Waals surface area contributed by atoms with E-state index in [9.17, 15) is 13.2 Å². The van der Waals surface area contributed by atoms with Gasteiger partial charge in [-0.25, -0.2) is 8.42 Å². The van der Waals surface area contributed by atoms with E-state index in [-0.39, 0.29) is 5.91 Å². The van der Waals surface area contributed by atoms with Crippen LogP contribution in [0, 0.1) is 0 Å². The smallest absolute Gasteiger partial charge is 0.243 e. The molecule has 1 atom stereocenters. The quantitative estimate of drug-likeness (QED) is 0.644. The molecule has 0 aliphatic rings. The summed E-state index contributed by atoms with van der Waals surface area (Å²) in [5, 5.41) is 3.28. The van der Waals surface area contributed by atoms with Crippen LogP contribution in [-0.4, -0.2) is 33.2 Å². The third-order valence-corrected chi connectivity index (χ3v) is 5.59. The fraction of sp³-hybridized carbons (Fsp3) is 0.350. The second kappa shape index (κ2) is 9.76. The third-order valence-electron chi connectivity index (χ3n) is 4.18. The van der Waals surface area contributed by atoms with Crippen LogP contribution in [0.3, 0.4) is 0 Å². The van der Waals surface area contributed by atoms with E-state index < -0.39 is 16.1 Å². The summed E-state index contributed by atoms with van der Waals surface area (Å²) in [5.74, 6) is -0.309. The molecule has 0 heterocycles. The molecule has 0 spiro atoms. The van der Waals surface area contributed by atoms with Crippen LogP contribution < -0.4 is 9.62 Å². The highest BCUT2D eigenvalue weighted by atomic mass is 35.5. The minimum absolute atomic E-state index is 0.309. The second-order valence-electron chi connectivity index (χ2n) is 6.34. The van der Waals surface area contributed by atoms with Crippen LogP contribution in [0.4, 0.5) is 5.69 Å². The number of carbonyl (C=O) groups excluding carboxylic acids is 1. The molecule has 0 aromatic heterocycles. The molecule has 0 aliphatic heterocycles. The molecule has 146 valence electrons. The number of benzene rings is 2. The maximum Gasteiger partial charge on any atom is 0.243 e. The van der Waals surface area contributed by atoms with Gasteiger partial charge < -0.3 is 5.32 Å². The predicted octanol–water partition coefficient (Wildman–Crippen LogP) is 3.63. The van der Waals surface area contributed by atoms with Gasteiger partial charge in [0.05, 0.1) is 11.9 Å². The molecular weight excluding hydrogens is 384 g/mol. The van der Waals surface area contributed by atoms with Crippen molar-refractivity contribution in [3.63, 3.8) is 0 Å². The topological polar surface area (TPSA) is 66.5 Å². The van der Waals surface area contributed by atoms with Crippen molar-refractivity contribution in [1.29, 1.82) is 0 Å². The average Bonchev–Trinajstić information content (AvgIpc) is 2.62. The van der Waals surface area contributed by atoms with Gasteiger partial charge in [-0.15, -0.1) is 0 Å². The van der Waals surface area contributed by atoms with Crippen molar-refractivity contribution in [3.05, 3.63) is 65.2 Å². The van der Waals surface area contributed by atoms with E-state index in [0.717, 1.165) is 23.4 Å². The lowest BCUT2D eigenvalue weighted by Gasteiger charge is -2.30. The number of rotatable bonds is 9. The molecular formula is C20H25ClN2O3S. The number of nitrogens with one attached hydrogen (secondary N) is 1. The molecule has 0 radical (unpaired) electrons. The van der Waals surface area contributed by atoms with Crippen molar-refractivity contribution < 1.29 is 13.2 Å². The summed E-state index contributed by atoms with van der Waals surface area (Å²) in [5.41, 5.74) is 1.59. The van der Waals surface area contributed by atoms with Crippen LogP contribution in [0.15, 0.2) is 54.6 Å². The van der Waals surface area contributed by atoms with Gasteiger partial charge in [-0.1, -0.05) is 54.9 Å². The predicted molar refractivity (Wildman–Crippen MR) is 111 cm³/mol. The van der Waals surface area contributed by atoms with Gasteiger partial charge in [0.25, 0.3) is 0 Å². The highest BCUT2D eigenvalue weighted by molar-refractivity contribution is 7.92. The standard InChI is InChI=1S/C20H25ClN2O3S/c1-3-19(20(24)22-14-8-11-16-9-5-4-6-10-16)23(27(2,25)26)18-13-7-12-17(21)15-18/h4-7,9-10,12-13,15,19H,3,8,11,14H2,1-2H3,(H,22,24). The summed E-state index contributed by atoms with van der Waals surface area (Å²) in [6.45, 7) is 2.27. The Labute approximate surface area is 166 Å². The zero-order chi connectivity index (χ0) is 19.9. The molecule has 1 N–H and O–H groups in total. The first-order valence-corrected chi connectivity index (χ1v) is 11.1. The van der Waals surface area contributed by atoms with Crippen molar-refractivity contribution in [2.24, 2.45) is 0 Å². The van der Waals surface area contributed by atoms with E-state index in [0.29, 0.717) is 23.7 Å². The molecule has 0 fully saturated rings. The highest BCUT2D eigenvalue weighted by Gasteiger charge is 2.31. The molecule has 5 nitrogen and oxygen atoms in total. The first kappa shape index (κ1) is 21.3. The van der Waals surface area contributed by atoms with Crippen LogP contribution in [-0.2, 0) is 21.2 Å². The number of halogens is 1. The third kappa shape index (κ3) is 6.26. The lowest BCUT2D eigenvalue weighted by Crippen LogP contribution is -2.49. The molecule has 1 unspecified atom stereocenters. The Kier molecular flexibility index (Phi) is 7.68. The Balaban J connectivity index is 2.06. The maximum absolute atomic E-state index is 12.7. The van der Waals surface area contributed by atoms with Crippen molar-refractivity contribution in [2.45, 2.75) is 32.2 Å². The Morgan fingerprint density at radius 1 is 1.15 bits per heavy atom. The molecule has 2 aromatic carbocycles. The molecule has 27 heavy (non-hydrogen) atoms. The van der Waals surface area contributed by atoms with Gasteiger partial charge in [0, 0.05) is 11.6 Å². The fourth-order valence-electron chi connectivity index (χ4n) is 2.94. The van der Waals surface area contributed by atoms with Crippen molar-refractivity contribution >= 4 is 33.2 Å². The largest absolute Gasteiger partial charge is 0.354 e. The van der Waals surface area contributed by atoms with E-state index in [4.69, 9.17) is 11.6 Å². The molecule has 1 amide bonds. The minimum Gasteiger partial charge on any atom is -0.354 e. The van der Waals surface area contributed by atoms with Crippen LogP contribution in [0.25, 0.3) is 0 Å². The van der Waals surface area contributed by atoms with Gasteiger partial charge in [-0.05, 0) is 43.0 Å². The number of aryl methyl sites for hydroxylation is 1. The first-order chi connectivity index (χ1) is 12.8. The molecule has 0 saturated carbocycles. The minimum atomic E-state index is -3.65. The lowest BCUT2D eigenvalue weighted by molar-refractivity contribution is -0.122. The Bertz CT molecular complexity index is 857. The van der Waals surface area contributed by atoms with Gasteiger partial charge in [0.2, 0.25) is 15.9 Å². The van der Waals surface area contributed by atoms with Gasteiger partial charge >= 0.3 is 0 Å². The summed E-state index contributed by atoms with van der Waals surface area (Å²) in [6.07, 6.45) is 3.08. The Hall–Kier alpha value is -2.05. The van der Waals surface area contributed by atoms with Crippen LogP contribution in [0.1, 0.15) is 25.3 Å². The van der Waals surface area contributed by atoms with E-state index in [2.05, 4.69) is 5.32 Å². The number of hydrogen-bond donors (Lipinski definition) is 1. The van der Waals surface area contributed by atoms with Gasteiger partial charge in [0.1, 0.15) is 6.04 Å². The number of carbonyl (C=O) groups is 1. The van der Waals surface area contributed by atoms with Gasteiger partial charge in [0.15, 0.2) is 0 Å². The van der Waals surface area contributed by atoms with E-state index >= 15 is 0 Å². The van der Waals surface area contributed by atoms with Gasteiger partial charge in [-0.2, -0.15) is 0 Å². The monoisotopic (exact) mass is 408 g/mol. The zero-order valence-electron chi connectivity index (χ0n) is 15.6. The van der Waals surface area contributed by atoms with Crippen molar-refractivity contribution in [1.82, 2.24) is 5.32 Å².